The maximum Gasteiger partial charge on any atom is 0.335 e. The van der Waals surface area contributed by atoms with Gasteiger partial charge in [-0.15, -0.1) is 0 Å². The SMILES string of the molecule is O=C(O)c1ccc(N2CCN(Cc3ccccc3-c3ccc(OCCN4CCOCC4)cc3)CC2)cc1. The van der Waals surface area contributed by atoms with E-state index in [0.29, 0.717) is 12.2 Å². The molecule has 3 aromatic carbocycles. The summed E-state index contributed by atoms with van der Waals surface area (Å²) in [6, 6.07) is 24.3. The number of nitrogens with zero attached hydrogens (tertiary/aromatic N) is 3. The van der Waals surface area contributed by atoms with Crippen molar-refractivity contribution < 1.29 is 19.4 Å². The van der Waals surface area contributed by atoms with Crippen LogP contribution in [-0.4, -0.2) is 86.5 Å². The molecule has 0 bridgehead atoms. The van der Waals surface area contributed by atoms with E-state index >= 15 is 0 Å². The summed E-state index contributed by atoms with van der Waals surface area (Å²) in [5.41, 5.74) is 5.19. The Morgan fingerprint density at radius 2 is 1.51 bits per heavy atom. The van der Waals surface area contributed by atoms with Gasteiger partial charge in [-0.3, -0.25) is 9.80 Å². The molecule has 0 unspecified atom stereocenters. The van der Waals surface area contributed by atoms with Crippen LogP contribution in [0.3, 0.4) is 0 Å². The summed E-state index contributed by atoms with van der Waals surface area (Å²) in [7, 11) is 0. The minimum absolute atomic E-state index is 0.326. The highest BCUT2D eigenvalue weighted by Gasteiger charge is 2.19. The van der Waals surface area contributed by atoms with Crippen molar-refractivity contribution in [3.05, 3.63) is 83.9 Å². The van der Waals surface area contributed by atoms with Crippen LogP contribution in [0.2, 0.25) is 0 Å². The molecule has 2 fully saturated rings. The number of carboxylic acids is 1. The molecule has 0 aromatic heterocycles. The Morgan fingerprint density at radius 1 is 0.811 bits per heavy atom. The van der Waals surface area contributed by atoms with Crippen molar-refractivity contribution in [1.82, 2.24) is 9.80 Å². The predicted octanol–water partition coefficient (Wildman–Crippen LogP) is 4.09. The van der Waals surface area contributed by atoms with Gasteiger partial charge in [0.15, 0.2) is 0 Å². The van der Waals surface area contributed by atoms with Crippen molar-refractivity contribution in [2.45, 2.75) is 6.54 Å². The number of piperazine rings is 1. The molecule has 0 saturated carbocycles. The number of hydrogen-bond acceptors (Lipinski definition) is 6. The van der Waals surface area contributed by atoms with Crippen molar-refractivity contribution in [2.24, 2.45) is 0 Å². The lowest BCUT2D eigenvalue weighted by Crippen LogP contribution is -2.46. The number of anilines is 1. The maximum atomic E-state index is 11.1. The van der Waals surface area contributed by atoms with Crippen LogP contribution in [0.5, 0.6) is 5.75 Å². The van der Waals surface area contributed by atoms with Crippen molar-refractivity contribution in [3.8, 4) is 16.9 Å². The van der Waals surface area contributed by atoms with Crippen molar-refractivity contribution >= 4 is 11.7 Å². The van der Waals surface area contributed by atoms with Gasteiger partial charge in [0.05, 0.1) is 18.8 Å². The summed E-state index contributed by atoms with van der Waals surface area (Å²) >= 11 is 0. The summed E-state index contributed by atoms with van der Waals surface area (Å²) in [6.45, 7) is 9.87. The lowest BCUT2D eigenvalue weighted by molar-refractivity contribution is 0.0322. The van der Waals surface area contributed by atoms with E-state index in [0.717, 1.165) is 77.0 Å². The molecule has 2 heterocycles. The third-order valence-corrected chi connectivity index (χ3v) is 7.21. The monoisotopic (exact) mass is 501 g/mol. The molecule has 3 aromatic rings. The Bertz CT molecular complexity index is 1150. The smallest absolute Gasteiger partial charge is 0.335 e. The van der Waals surface area contributed by atoms with E-state index < -0.39 is 5.97 Å². The molecule has 0 atom stereocenters. The van der Waals surface area contributed by atoms with E-state index in [-0.39, 0.29) is 0 Å². The first-order valence-electron chi connectivity index (χ1n) is 13.1. The van der Waals surface area contributed by atoms with Gasteiger partial charge >= 0.3 is 5.97 Å². The van der Waals surface area contributed by atoms with Crippen LogP contribution in [-0.2, 0) is 11.3 Å². The van der Waals surface area contributed by atoms with E-state index in [2.05, 4.69) is 63.2 Å². The molecule has 5 rings (SSSR count). The topological polar surface area (TPSA) is 65.5 Å². The van der Waals surface area contributed by atoms with Crippen LogP contribution in [0, 0.1) is 0 Å². The van der Waals surface area contributed by atoms with Crippen molar-refractivity contribution in [3.63, 3.8) is 0 Å². The Morgan fingerprint density at radius 3 is 2.22 bits per heavy atom. The van der Waals surface area contributed by atoms with Crippen LogP contribution in [0.15, 0.2) is 72.8 Å². The Balaban J connectivity index is 1.15. The average molecular weight is 502 g/mol. The van der Waals surface area contributed by atoms with Crippen LogP contribution in [0.25, 0.3) is 11.1 Å². The fraction of sp³-hybridized carbons (Fsp3) is 0.367. The van der Waals surface area contributed by atoms with Crippen LogP contribution < -0.4 is 9.64 Å². The standard InChI is InChI=1S/C30H35N3O4/c34-30(35)25-5-9-27(10-6-25)33-15-13-32(14-16-33)23-26-3-1-2-4-29(26)24-7-11-28(12-8-24)37-22-19-31-17-20-36-21-18-31/h1-12H,13-23H2,(H,34,35). The minimum atomic E-state index is -0.888. The number of benzene rings is 3. The molecular weight excluding hydrogens is 466 g/mol. The van der Waals surface area contributed by atoms with Crippen LogP contribution in [0.1, 0.15) is 15.9 Å². The summed E-state index contributed by atoms with van der Waals surface area (Å²) in [6.07, 6.45) is 0. The van der Waals surface area contributed by atoms with E-state index in [1.807, 2.05) is 12.1 Å². The van der Waals surface area contributed by atoms with E-state index in [1.165, 1.54) is 16.7 Å². The molecule has 0 spiro atoms. The average Bonchev–Trinajstić information content (AvgIpc) is 2.95. The zero-order valence-electron chi connectivity index (χ0n) is 21.2. The molecule has 2 aliphatic rings. The number of morpholine rings is 1. The van der Waals surface area contributed by atoms with Gasteiger partial charge in [0, 0.05) is 58.0 Å². The lowest BCUT2D eigenvalue weighted by atomic mass is 9.99. The number of aromatic carboxylic acids is 1. The molecule has 0 amide bonds. The first-order chi connectivity index (χ1) is 18.2. The Hall–Kier alpha value is -3.39. The third kappa shape index (κ3) is 6.68. The highest BCUT2D eigenvalue weighted by atomic mass is 16.5. The first-order valence-corrected chi connectivity index (χ1v) is 13.1. The fourth-order valence-corrected chi connectivity index (χ4v) is 5.01. The predicted molar refractivity (Wildman–Crippen MR) is 146 cm³/mol. The second-order valence-corrected chi connectivity index (χ2v) is 9.60. The van der Waals surface area contributed by atoms with Crippen molar-refractivity contribution in [2.75, 3.05) is 70.5 Å². The van der Waals surface area contributed by atoms with Crippen LogP contribution >= 0.6 is 0 Å². The Kier molecular flexibility index (Phi) is 8.35. The van der Waals surface area contributed by atoms with Gasteiger partial charge in [-0.2, -0.15) is 0 Å². The molecular formula is C30H35N3O4. The fourth-order valence-electron chi connectivity index (χ4n) is 5.01. The molecule has 37 heavy (non-hydrogen) atoms. The van der Waals surface area contributed by atoms with E-state index in [1.54, 1.807) is 12.1 Å². The number of ether oxygens (including phenoxy) is 2. The number of rotatable bonds is 9. The zero-order chi connectivity index (χ0) is 25.5. The van der Waals surface area contributed by atoms with E-state index in [4.69, 9.17) is 14.6 Å². The summed E-state index contributed by atoms with van der Waals surface area (Å²) < 4.78 is 11.4. The molecule has 0 radical (unpaired) electrons. The quantitative estimate of drug-likeness (QED) is 0.474. The second kappa shape index (κ2) is 12.2. The van der Waals surface area contributed by atoms with Gasteiger partial charge < -0.3 is 19.5 Å². The van der Waals surface area contributed by atoms with Gasteiger partial charge in [0.1, 0.15) is 12.4 Å². The third-order valence-electron chi connectivity index (χ3n) is 7.21. The minimum Gasteiger partial charge on any atom is -0.492 e. The summed E-state index contributed by atoms with van der Waals surface area (Å²) in [5, 5.41) is 9.13. The molecule has 0 aliphatic carbocycles. The zero-order valence-corrected chi connectivity index (χ0v) is 21.2. The van der Waals surface area contributed by atoms with Gasteiger partial charge in [0.2, 0.25) is 0 Å². The summed E-state index contributed by atoms with van der Waals surface area (Å²) in [4.78, 5) is 18.3. The Labute approximate surface area is 218 Å². The number of carbonyl (C=O) groups is 1. The highest BCUT2D eigenvalue weighted by Crippen LogP contribution is 2.27. The normalized spacial score (nSPS) is 17.0. The molecule has 194 valence electrons. The van der Waals surface area contributed by atoms with Gasteiger partial charge in [0.25, 0.3) is 0 Å². The van der Waals surface area contributed by atoms with Crippen LogP contribution in [0.4, 0.5) is 5.69 Å². The number of hydrogen-bond donors (Lipinski definition) is 1. The molecule has 7 nitrogen and oxygen atoms in total. The first kappa shape index (κ1) is 25.3. The van der Waals surface area contributed by atoms with Gasteiger partial charge in [-0.1, -0.05) is 36.4 Å². The summed E-state index contributed by atoms with van der Waals surface area (Å²) in [5.74, 6) is 0.0166. The highest BCUT2D eigenvalue weighted by molar-refractivity contribution is 5.88. The largest absolute Gasteiger partial charge is 0.492 e. The molecule has 2 saturated heterocycles. The maximum absolute atomic E-state index is 11.1. The second-order valence-electron chi connectivity index (χ2n) is 9.60. The van der Waals surface area contributed by atoms with Crippen molar-refractivity contribution in [1.29, 1.82) is 0 Å². The lowest BCUT2D eigenvalue weighted by Gasteiger charge is -2.36. The molecule has 2 aliphatic heterocycles. The molecule has 7 heteroatoms. The molecule has 1 N–H and O–H groups in total. The van der Waals surface area contributed by atoms with Gasteiger partial charge in [-0.25, -0.2) is 4.79 Å². The number of carboxylic acid groups (broad SMARTS) is 1. The van der Waals surface area contributed by atoms with Gasteiger partial charge in [-0.05, 0) is 53.1 Å². The van der Waals surface area contributed by atoms with E-state index in [9.17, 15) is 4.79 Å².